The van der Waals surface area contributed by atoms with Gasteiger partial charge in [0.2, 0.25) is 5.91 Å². The summed E-state index contributed by atoms with van der Waals surface area (Å²) in [5.74, 6) is -1.72. The van der Waals surface area contributed by atoms with Crippen LogP contribution in [0.1, 0.15) is 42.1 Å². The number of nitrogens with zero attached hydrogens (tertiary/aromatic N) is 2. The van der Waals surface area contributed by atoms with Crippen molar-refractivity contribution >= 4 is 35.3 Å². The van der Waals surface area contributed by atoms with Crippen LogP contribution in [0, 0.1) is 0 Å². The lowest BCUT2D eigenvalue weighted by molar-refractivity contribution is -0.138. The van der Waals surface area contributed by atoms with Crippen molar-refractivity contribution in [2.24, 2.45) is 0 Å². The first-order valence-electron chi connectivity index (χ1n) is 11.5. The van der Waals surface area contributed by atoms with Gasteiger partial charge in [0.15, 0.2) is 0 Å². The number of aryl methyl sites for hydroxylation is 1. The number of hydrogen-bond acceptors (Lipinski definition) is 5. The summed E-state index contributed by atoms with van der Waals surface area (Å²) in [5.41, 5.74) is 3.18. The predicted molar refractivity (Wildman–Crippen MR) is 127 cm³/mol. The van der Waals surface area contributed by atoms with E-state index in [1.165, 1.54) is 0 Å². The number of rotatable bonds is 8. The van der Waals surface area contributed by atoms with Crippen molar-refractivity contribution in [3.63, 3.8) is 0 Å². The molecule has 2 aliphatic rings. The van der Waals surface area contributed by atoms with Crippen LogP contribution in [0.15, 0.2) is 54.6 Å². The molecule has 0 radical (unpaired) electrons. The average Bonchev–Trinajstić information content (AvgIpc) is 3.38. The van der Waals surface area contributed by atoms with Gasteiger partial charge in [-0.25, -0.2) is 4.79 Å². The molecule has 2 heterocycles. The highest BCUT2D eigenvalue weighted by molar-refractivity contribution is 6.08. The molecule has 0 bridgehead atoms. The monoisotopic (exact) mass is 477 g/mol. The van der Waals surface area contributed by atoms with Crippen molar-refractivity contribution in [3.8, 4) is 0 Å². The summed E-state index contributed by atoms with van der Waals surface area (Å²) in [5, 5.41) is 5.76. The summed E-state index contributed by atoms with van der Waals surface area (Å²) in [4.78, 5) is 63.4. The molecule has 10 heteroatoms. The Morgan fingerprint density at radius 3 is 2.40 bits per heavy atom. The van der Waals surface area contributed by atoms with Crippen LogP contribution >= 0.6 is 0 Å². The molecule has 6 amide bonds. The number of imide groups is 1. The van der Waals surface area contributed by atoms with Crippen molar-refractivity contribution in [2.75, 3.05) is 18.0 Å². The molecule has 2 aromatic rings. The van der Waals surface area contributed by atoms with Gasteiger partial charge in [-0.1, -0.05) is 30.3 Å². The molecule has 0 aliphatic carbocycles. The summed E-state index contributed by atoms with van der Waals surface area (Å²) >= 11 is 0. The lowest BCUT2D eigenvalue weighted by atomic mass is 9.93. The van der Waals surface area contributed by atoms with Crippen LogP contribution < -0.4 is 21.0 Å². The van der Waals surface area contributed by atoms with Crippen molar-refractivity contribution < 1.29 is 24.0 Å². The second-order valence-corrected chi connectivity index (χ2v) is 8.80. The van der Waals surface area contributed by atoms with E-state index in [4.69, 9.17) is 0 Å². The van der Waals surface area contributed by atoms with Gasteiger partial charge in [-0.05, 0) is 56.0 Å². The fourth-order valence-corrected chi connectivity index (χ4v) is 4.14. The lowest BCUT2D eigenvalue weighted by Gasteiger charge is -2.21. The van der Waals surface area contributed by atoms with E-state index < -0.39 is 35.8 Å². The van der Waals surface area contributed by atoms with Crippen molar-refractivity contribution in [3.05, 3.63) is 65.7 Å². The number of hydrogen-bond donors (Lipinski definition) is 3. The highest BCUT2D eigenvalue weighted by Gasteiger charge is 2.48. The first-order valence-corrected chi connectivity index (χ1v) is 11.5. The zero-order chi connectivity index (χ0) is 25.0. The third kappa shape index (κ3) is 5.32. The van der Waals surface area contributed by atoms with Crippen LogP contribution in [0.5, 0.6) is 0 Å². The SMILES string of the molecule is C[C@]1(CCc2ccccc2)NC(=O)N(NC(=O)CNC(=O)c2ccc(N3CCCC3=O)cc2)C1=O. The Hall–Kier alpha value is -4.21. The van der Waals surface area contributed by atoms with Crippen molar-refractivity contribution in [2.45, 2.75) is 38.1 Å². The summed E-state index contributed by atoms with van der Waals surface area (Å²) in [7, 11) is 0. The fraction of sp³-hybridized carbons (Fsp3) is 0.320. The van der Waals surface area contributed by atoms with E-state index in [1.807, 2.05) is 30.3 Å². The van der Waals surface area contributed by atoms with E-state index in [0.717, 1.165) is 17.7 Å². The smallest absolute Gasteiger partial charge is 0.343 e. The molecule has 2 saturated heterocycles. The molecule has 1 atom stereocenters. The summed E-state index contributed by atoms with van der Waals surface area (Å²) < 4.78 is 0. The van der Waals surface area contributed by atoms with Crippen LogP contribution in [0.25, 0.3) is 0 Å². The second kappa shape index (κ2) is 9.96. The summed E-state index contributed by atoms with van der Waals surface area (Å²) in [6, 6.07) is 15.4. The molecule has 0 aromatic heterocycles. The predicted octanol–water partition coefficient (Wildman–Crippen LogP) is 1.52. The Bertz CT molecular complexity index is 1150. The van der Waals surface area contributed by atoms with Gasteiger partial charge in [-0.3, -0.25) is 24.6 Å². The van der Waals surface area contributed by atoms with E-state index in [-0.39, 0.29) is 5.91 Å². The molecule has 0 unspecified atom stereocenters. The van der Waals surface area contributed by atoms with Crippen molar-refractivity contribution in [1.82, 2.24) is 21.1 Å². The number of nitrogens with one attached hydrogen (secondary N) is 3. The molecular weight excluding hydrogens is 450 g/mol. The van der Waals surface area contributed by atoms with E-state index in [1.54, 1.807) is 36.1 Å². The number of urea groups is 1. The number of amides is 6. The Morgan fingerprint density at radius 1 is 1.03 bits per heavy atom. The quantitative estimate of drug-likeness (QED) is 0.497. The minimum atomic E-state index is -1.15. The second-order valence-electron chi connectivity index (χ2n) is 8.80. The van der Waals surface area contributed by atoms with Crippen molar-refractivity contribution in [1.29, 1.82) is 0 Å². The number of hydrazine groups is 1. The Morgan fingerprint density at radius 2 is 1.74 bits per heavy atom. The highest BCUT2D eigenvalue weighted by atomic mass is 16.2. The van der Waals surface area contributed by atoms with E-state index >= 15 is 0 Å². The van der Waals surface area contributed by atoms with Gasteiger partial charge < -0.3 is 15.5 Å². The first-order chi connectivity index (χ1) is 16.8. The number of carbonyl (C=O) groups is 5. The molecule has 0 spiro atoms. The highest BCUT2D eigenvalue weighted by Crippen LogP contribution is 2.23. The molecule has 10 nitrogen and oxygen atoms in total. The van der Waals surface area contributed by atoms with Gasteiger partial charge in [0.25, 0.3) is 17.7 Å². The molecule has 35 heavy (non-hydrogen) atoms. The topological polar surface area (TPSA) is 128 Å². The first kappa shape index (κ1) is 23.9. The van der Waals surface area contributed by atoms with E-state index in [0.29, 0.717) is 36.4 Å². The van der Waals surface area contributed by atoms with Crippen LogP contribution in [0.3, 0.4) is 0 Å². The van der Waals surface area contributed by atoms with Gasteiger partial charge in [-0.2, -0.15) is 5.01 Å². The van der Waals surface area contributed by atoms with Crippen LogP contribution in [0.4, 0.5) is 10.5 Å². The standard InChI is InChI=1S/C25H27N5O5/c1-25(14-13-17-6-3-2-4-7-17)23(34)30(24(35)27-25)28-20(31)16-26-22(33)18-9-11-19(12-10-18)29-15-5-8-21(29)32/h2-4,6-7,9-12H,5,8,13-16H2,1H3,(H,26,33)(H,27,35)(H,28,31)/t25-/m1/s1. The van der Waals surface area contributed by atoms with Crippen LogP contribution in [0.2, 0.25) is 0 Å². The maximum Gasteiger partial charge on any atom is 0.344 e. The van der Waals surface area contributed by atoms with Gasteiger partial charge in [-0.15, -0.1) is 0 Å². The lowest BCUT2D eigenvalue weighted by Crippen LogP contribution is -2.51. The maximum atomic E-state index is 12.8. The summed E-state index contributed by atoms with van der Waals surface area (Å²) in [6.07, 6.45) is 2.26. The molecular formula is C25H27N5O5. The molecule has 2 aliphatic heterocycles. The normalized spacial score (nSPS) is 19.6. The van der Waals surface area contributed by atoms with E-state index in [2.05, 4.69) is 16.1 Å². The van der Waals surface area contributed by atoms with Crippen LogP contribution in [-0.2, 0) is 20.8 Å². The third-order valence-corrected chi connectivity index (χ3v) is 6.18. The largest absolute Gasteiger partial charge is 0.344 e. The molecule has 3 N–H and O–H groups in total. The molecule has 0 saturated carbocycles. The minimum absolute atomic E-state index is 0.0514. The Labute approximate surface area is 202 Å². The number of carbonyl (C=O) groups excluding carboxylic acids is 5. The Kier molecular flexibility index (Phi) is 6.81. The summed E-state index contributed by atoms with van der Waals surface area (Å²) in [6.45, 7) is 1.84. The molecule has 182 valence electrons. The van der Waals surface area contributed by atoms with Gasteiger partial charge in [0.1, 0.15) is 5.54 Å². The van der Waals surface area contributed by atoms with Gasteiger partial charge >= 0.3 is 6.03 Å². The Balaban J connectivity index is 1.28. The molecule has 2 aromatic carbocycles. The van der Waals surface area contributed by atoms with Crippen LogP contribution in [-0.4, -0.2) is 53.3 Å². The minimum Gasteiger partial charge on any atom is -0.343 e. The molecule has 4 rings (SSSR count). The number of benzene rings is 2. The fourth-order valence-electron chi connectivity index (χ4n) is 4.14. The van der Waals surface area contributed by atoms with Gasteiger partial charge in [0.05, 0.1) is 6.54 Å². The van der Waals surface area contributed by atoms with Gasteiger partial charge in [0, 0.05) is 24.2 Å². The van der Waals surface area contributed by atoms with E-state index in [9.17, 15) is 24.0 Å². The number of anilines is 1. The average molecular weight is 478 g/mol. The maximum absolute atomic E-state index is 12.8. The third-order valence-electron chi connectivity index (χ3n) is 6.18. The zero-order valence-electron chi connectivity index (χ0n) is 19.4. The molecule has 2 fully saturated rings. The zero-order valence-corrected chi connectivity index (χ0v) is 19.4.